The van der Waals surface area contributed by atoms with Crippen molar-refractivity contribution >= 4 is 26.8 Å². The van der Waals surface area contributed by atoms with Crippen molar-refractivity contribution in [1.29, 1.82) is 0 Å². The SMILES string of the molecule is CC(C)(Oc1cccc(C2(O)CCN(S(=O)(=O)c3cccc4ccccc34)CC2)c1)C(=O)O. The molecule has 1 aliphatic heterocycles. The van der Waals surface area contributed by atoms with Crippen molar-refractivity contribution in [2.75, 3.05) is 13.1 Å². The van der Waals surface area contributed by atoms with E-state index >= 15 is 0 Å². The predicted octanol–water partition coefficient (Wildman–Crippen LogP) is 3.75. The number of aliphatic hydroxyl groups is 1. The molecule has 2 N–H and O–H groups in total. The minimum atomic E-state index is -3.73. The molecule has 0 spiro atoms. The van der Waals surface area contributed by atoms with Gasteiger partial charge in [-0.05, 0) is 55.8 Å². The van der Waals surface area contributed by atoms with Gasteiger partial charge < -0.3 is 14.9 Å². The van der Waals surface area contributed by atoms with Gasteiger partial charge >= 0.3 is 5.97 Å². The summed E-state index contributed by atoms with van der Waals surface area (Å²) in [7, 11) is -3.73. The highest BCUT2D eigenvalue weighted by Crippen LogP contribution is 2.37. The number of fused-ring (bicyclic) bond motifs is 1. The molecular formula is C25H27NO6S. The quantitative estimate of drug-likeness (QED) is 0.570. The van der Waals surface area contributed by atoms with Crippen LogP contribution in [0.1, 0.15) is 32.3 Å². The Morgan fingerprint density at radius 3 is 2.33 bits per heavy atom. The molecule has 174 valence electrons. The fourth-order valence-corrected chi connectivity index (χ4v) is 5.79. The van der Waals surface area contributed by atoms with Crippen molar-refractivity contribution in [2.24, 2.45) is 0 Å². The van der Waals surface area contributed by atoms with Crippen LogP contribution >= 0.6 is 0 Å². The lowest BCUT2D eigenvalue weighted by atomic mass is 9.85. The summed E-state index contributed by atoms with van der Waals surface area (Å²) in [5, 5.41) is 22.1. The van der Waals surface area contributed by atoms with E-state index in [4.69, 9.17) is 4.74 Å². The van der Waals surface area contributed by atoms with Crippen molar-refractivity contribution in [3.8, 4) is 5.75 Å². The largest absolute Gasteiger partial charge is 0.478 e. The molecule has 0 unspecified atom stereocenters. The molecule has 0 aromatic heterocycles. The Bertz CT molecular complexity index is 1290. The van der Waals surface area contributed by atoms with Crippen LogP contribution in [0.2, 0.25) is 0 Å². The van der Waals surface area contributed by atoms with E-state index in [9.17, 15) is 23.4 Å². The Balaban J connectivity index is 1.55. The number of ether oxygens (including phenoxy) is 1. The maximum absolute atomic E-state index is 13.4. The fraction of sp³-hybridized carbons (Fsp3) is 0.320. The topological polar surface area (TPSA) is 104 Å². The average molecular weight is 470 g/mol. The van der Waals surface area contributed by atoms with Crippen LogP contribution in [0, 0.1) is 0 Å². The van der Waals surface area contributed by atoms with E-state index in [1.54, 1.807) is 42.5 Å². The van der Waals surface area contributed by atoms with Gasteiger partial charge in [-0.1, -0.05) is 48.5 Å². The summed E-state index contributed by atoms with van der Waals surface area (Å²) in [6, 6.07) is 19.3. The fourth-order valence-electron chi connectivity index (χ4n) is 4.13. The van der Waals surface area contributed by atoms with E-state index in [0.717, 1.165) is 5.39 Å². The first-order valence-electron chi connectivity index (χ1n) is 10.8. The van der Waals surface area contributed by atoms with Crippen LogP contribution in [0.4, 0.5) is 0 Å². The number of piperidine rings is 1. The lowest BCUT2D eigenvalue weighted by molar-refractivity contribution is -0.152. The zero-order valence-electron chi connectivity index (χ0n) is 18.6. The van der Waals surface area contributed by atoms with Gasteiger partial charge in [-0.2, -0.15) is 4.31 Å². The maximum Gasteiger partial charge on any atom is 0.347 e. The first-order chi connectivity index (χ1) is 15.5. The molecule has 0 bridgehead atoms. The third-order valence-electron chi connectivity index (χ3n) is 6.18. The molecule has 1 aliphatic rings. The van der Waals surface area contributed by atoms with Crippen LogP contribution in [0.3, 0.4) is 0 Å². The van der Waals surface area contributed by atoms with Crippen molar-refractivity contribution < 1.29 is 28.2 Å². The summed E-state index contributed by atoms with van der Waals surface area (Å²) < 4.78 is 33.8. The van der Waals surface area contributed by atoms with Gasteiger partial charge in [0.15, 0.2) is 5.60 Å². The Hall–Kier alpha value is -2.94. The highest BCUT2D eigenvalue weighted by molar-refractivity contribution is 7.89. The van der Waals surface area contributed by atoms with Crippen LogP contribution in [-0.2, 0) is 20.4 Å². The summed E-state index contributed by atoms with van der Waals surface area (Å²) in [4.78, 5) is 11.6. The number of carboxylic acids is 1. The second-order valence-electron chi connectivity index (χ2n) is 8.86. The Morgan fingerprint density at radius 2 is 1.64 bits per heavy atom. The van der Waals surface area contributed by atoms with Gasteiger partial charge in [-0.3, -0.25) is 0 Å². The Labute approximate surface area is 193 Å². The highest BCUT2D eigenvalue weighted by atomic mass is 32.2. The summed E-state index contributed by atoms with van der Waals surface area (Å²) in [6.45, 7) is 3.22. The molecule has 7 nitrogen and oxygen atoms in total. The van der Waals surface area contributed by atoms with Crippen LogP contribution < -0.4 is 4.74 Å². The summed E-state index contributed by atoms with van der Waals surface area (Å²) in [6.07, 6.45) is 0.422. The summed E-state index contributed by atoms with van der Waals surface area (Å²) in [5.74, 6) is -0.766. The number of carboxylic acid groups (broad SMARTS) is 1. The van der Waals surface area contributed by atoms with Gasteiger partial charge in [0.05, 0.1) is 10.5 Å². The van der Waals surface area contributed by atoms with Gasteiger partial charge in [0, 0.05) is 18.5 Å². The number of benzene rings is 3. The van der Waals surface area contributed by atoms with Crippen LogP contribution in [0.5, 0.6) is 5.75 Å². The third-order valence-corrected chi connectivity index (χ3v) is 8.13. The molecule has 1 fully saturated rings. The lowest BCUT2D eigenvalue weighted by Crippen LogP contribution is -2.45. The van der Waals surface area contributed by atoms with Crippen molar-refractivity contribution in [2.45, 2.75) is 42.8 Å². The molecule has 0 amide bonds. The zero-order valence-corrected chi connectivity index (χ0v) is 19.4. The van der Waals surface area contributed by atoms with E-state index in [0.29, 0.717) is 16.7 Å². The smallest absolute Gasteiger partial charge is 0.347 e. The number of hydrogen-bond donors (Lipinski definition) is 2. The van der Waals surface area contributed by atoms with Crippen LogP contribution in [-0.4, -0.2) is 47.6 Å². The monoisotopic (exact) mass is 469 g/mol. The van der Waals surface area contributed by atoms with Gasteiger partial charge in [-0.15, -0.1) is 0 Å². The average Bonchev–Trinajstić information content (AvgIpc) is 2.79. The van der Waals surface area contributed by atoms with Crippen molar-refractivity contribution in [3.05, 3.63) is 72.3 Å². The van der Waals surface area contributed by atoms with Crippen molar-refractivity contribution in [3.63, 3.8) is 0 Å². The maximum atomic E-state index is 13.4. The molecule has 8 heteroatoms. The van der Waals surface area contributed by atoms with Gasteiger partial charge in [0.2, 0.25) is 10.0 Å². The molecule has 0 radical (unpaired) electrons. The first-order valence-corrected chi connectivity index (χ1v) is 12.2. The molecule has 4 rings (SSSR count). The van der Waals surface area contributed by atoms with Crippen LogP contribution in [0.25, 0.3) is 10.8 Å². The summed E-state index contributed by atoms with van der Waals surface area (Å²) in [5.41, 5.74) is -2.09. The lowest BCUT2D eigenvalue weighted by Gasteiger charge is -2.38. The van der Waals surface area contributed by atoms with E-state index in [1.165, 1.54) is 18.2 Å². The van der Waals surface area contributed by atoms with E-state index < -0.39 is 27.2 Å². The van der Waals surface area contributed by atoms with Gasteiger partial charge in [-0.25, -0.2) is 13.2 Å². The Morgan fingerprint density at radius 1 is 1.00 bits per heavy atom. The second kappa shape index (κ2) is 8.44. The van der Waals surface area contributed by atoms with E-state index in [-0.39, 0.29) is 30.8 Å². The number of carbonyl (C=O) groups is 1. The molecular weight excluding hydrogens is 442 g/mol. The molecule has 1 saturated heterocycles. The zero-order chi connectivity index (χ0) is 23.9. The highest BCUT2D eigenvalue weighted by Gasteiger charge is 2.39. The number of hydrogen-bond acceptors (Lipinski definition) is 5. The number of aliphatic carboxylic acids is 1. The minimum absolute atomic E-state index is 0.160. The normalized spacial score (nSPS) is 17.1. The molecule has 3 aromatic rings. The predicted molar refractivity (Wildman–Crippen MR) is 125 cm³/mol. The number of nitrogens with zero attached hydrogens (tertiary/aromatic N) is 1. The van der Waals surface area contributed by atoms with Crippen LogP contribution in [0.15, 0.2) is 71.6 Å². The summed E-state index contributed by atoms with van der Waals surface area (Å²) >= 11 is 0. The molecule has 33 heavy (non-hydrogen) atoms. The molecule has 3 aromatic carbocycles. The molecule has 0 saturated carbocycles. The standard InChI is InChI=1S/C25H27NO6S/c1-24(2,23(27)28)32-20-10-6-9-19(17-20)25(29)13-15-26(16-14-25)33(30,31)22-12-5-8-18-7-3-4-11-21(18)22/h3-12,17,29H,13-16H2,1-2H3,(H,27,28). The third kappa shape index (κ3) is 4.46. The van der Waals surface area contributed by atoms with Gasteiger partial charge in [0.1, 0.15) is 5.75 Å². The molecule has 0 aliphatic carbocycles. The molecule has 0 atom stereocenters. The Kier molecular flexibility index (Phi) is 5.94. The van der Waals surface area contributed by atoms with Crippen molar-refractivity contribution in [1.82, 2.24) is 4.31 Å². The van der Waals surface area contributed by atoms with E-state index in [1.807, 2.05) is 24.3 Å². The number of sulfonamides is 1. The first kappa shape index (κ1) is 23.2. The molecule has 1 heterocycles. The van der Waals surface area contributed by atoms with E-state index in [2.05, 4.69) is 0 Å². The number of rotatable bonds is 6. The minimum Gasteiger partial charge on any atom is -0.478 e. The second-order valence-corrected chi connectivity index (χ2v) is 10.8. The van der Waals surface area contributed by atoms with Gasteiger partial charge in [0.25, 0.3) is 0 Å².